The maximum absolute atomic E-state index is 12.9. The number of aromatic nitrogens is 3. The smallest absolute Gasteiger partial charge is 0.302 e. The van der Waals surface area contributed by atoms with Gasteiger partial charge in [-0.3, -0.25) is 14.6 Å². The van der Waals surface area contributed by atoms with Gasteiger partial charge in [-0.1, -0.05) is 18.5 Å². The summed E-state index contributed by atoms with van der Waals surface area (Å²) in [7, 11) is 0. The molecular formula is C17H18ClN5O3S. The third kappa shape index (κ3) is 5.70. The number of hydrogen-bond acceptors (Lipinski definition) is 7. The lowest BCUT2D eigenvalue weighted by Crippen LogP contribution is -2.38. The van der Waals surface area contributed by atoms with Crippen LogP contribution >= 0.6 is 23.4 Å². The molecule has 0 saturated heterocycles. The minimum atomic E-state index is -0.437. The average Bonchev–Trinajstić information content (AvgIpc) is 3.04. The Morgan fingerprint density at radius 2 is 2.30 bits per heavy atom. The van der Waals surface area contributed by atoms with E-state index < -0.39 is 11.9 Å². The van der Waals surface area contributed by atoms with Crippen LogP contribution in [0, 0.1) is 16.6 Å². The number of carbonyl (C=O) groups is 2. The number of thiocyanates is 1. The lowest BCUT2D eigenvalue weighted by Gasteiger charge is -2.24. The van der Waals surface area contributed by atoms with E-state index in [0.717, 1.165) is 11.8 Å². The molecule has 1 unspecified atom stereocenters. The number of nitrogens with zero attached hydrogens (tertiary/aromatic N) is 5. The van der Waals surface area contributed by atoms with Gasteiger partial charge in [0.25, 0.3) is 0 Å². The van der Waals surface area contributed by atoms with Crippen molar-refractivity contribution in [1.82, 2.24) is 14.8 Å². The van der Waals surface area contributed by atoms with Crippen LogP contribution in [0.3, 0.4) is 0 Å². The second-order valence-corrected chi connectivity index (χ2v) is 6.76. The number of nitriles is 1. The Bertz CT molecular complexity index is 837. The van der Waals surface area contributed by atoms with Crippen molar-refractivity contribution in [3.63, 3.8) is 0 Å². The highest BCUT2D eigenvalue weighted by atomic mass is 35.5. The highest BCUT2D eigenvalue weighted by Gasteiger charge is 2.26. The zero-order valence-corrected chi connectivity index (χ0v) is 16.4. The Morgan fingerprint density at radius 1 is 1.52 bits per heavy atom. The van der Waals surface area contributed by atoms with E-state index in [1.165, 1.54) is 16.5 Å². The van der Waals surface area contributed by atoms with Crippen molar-refractivity contribution < 1.29 is 14.3 Å². The molecule has 1 atom stereocenters. The molecule has 10 heteroatoms. The summed E-state index contributed by atoms with van der Waals surface area (Å²) in [6, 6.07) is 3.56. The number of rotatable bonds is 8. The largest absolute Gasteiger partial charge is 0.464 e. The van der Waals surface area contributed by atoms with E-state index in [2.05, 4.69) is 10.1 Å². The zero-order chi connectivity index (χ0) is 19.8. The van der Waals surface area contributed by atoms with Gasteiger partial charge in [-0.25, -0.2) is 4.68 Å². The molecule has 8 nitrogen and oxygen atoms in total. The molecule has 142 valence electrons. The van der Waals surface area contributed by atoms with E-state index in [9.17, 15) is 9.59 Å². The summed E-state index contributed by atoms with van der Waals surface area (Å²) in [5, 5.41) is 15.0. The summed E-state index contributed by atoms with van der Waals surface area (Å²) >= 11 is 7.28. The Morgan fingerprint density at radius 3 is 2.93 bits per heavy atom. The number of ether oxygens (including phenoxy) is 1. The molecule has 2 aromatic rings. The molecule has 0 aliphatic heterocycles. The summed E-state index contributed by atoms with van der Waals surface area (Å²) < 4.78 is 6.48. The van der Waals surface area contributed by atoms with Gasteiger partial charge in [-0.15, -0.1) is 0 Å². The number of pyridine rings is 1. The van der Waals surface area contributed by atoms with Gasteiger partial charge in [-0.2, -0.15) is 10.4 Å². The minimum absolute atomic E-state index is 0.0214. The quantitative estimate of drug-likeness (QED) is 0.489. The van der Waals surface area contributed by atoms with Crippen LogP contribution in [0.15, 0.2) is 30.7 Å². The minimum Gasteiger partial charge on any atom is -0.464 e. The Hall–Kier alpha value is -2.57. The molecular weight excluding hydrogens is 390 g/mol. The fraction of sp³-hybridized carbons (Fsp3) is 0.353. The number of halogens is 1. The van der Waals surface area contributed by atoms with Gasteiger partial charge in [0.1, 0.15) is 17.7 Å². The molecule has 2 heterocycles. The normalized spacial score (nSPS) is 11.5. The first kappa shape index (κ1) is 20.7. The molecule has 0 aromatic carbocycles. The van der Waals surface area contributed by atoms with Gasteiger partial charge >= 0.3 is 5.97 Å². The zero-order valence-electron chi connectivity index (χ0n) is 14.8. The summed E-state index contributed by atoms with van der Waals surface area (Å²) in [6.07, 6.45) is 4.87. The van der Waals surface area contributed by atoms with Crippen LogP contribution in [0.25, 0.3) is 5.69 Å². The van der Waals surface area contributed by atoms with Gasteiger partial charge in [0.15, 0.2) is 5.15 Å². The summed E-state index contributed by atoms with van der Waals surface area (Å²) in [4.78, 5) is 29.4. The molecule has 2 rings (SSSR count). The summed E-state index contributed by atoms with van der Waals surface area (Å²) in [6.45, 7) is 3.17. The van der Waals surface area contributed by atoms with Crippen LogP contribution in [0.2, 0.25) is 5.15 Å². The Balaban J connectivity index is 2.29. The highest BCUT2D eigenvalue weighted by molar-refractivity contribution is 8.03. The van der Waals surface area contributed by atoms with Crippen molar-refractivity contribution in [2.75, 3.05) is 23.8 Å². The lowest BCUT2D eigenvalue weighted by molar-refractivity contribution is -0.141. The number of hydrogen-bond donors (Lipinski definition) is 0. The van der Waals surface area contributed by atoms with Crippen LogP contribution in [0.4, 0.5) is 5.69 Å². The average molecular weight is 408 g/mol. The van der Waals surface area contributed by atoms with E-state index in [0.29, 0.717) is 17.1 Å². The van der Waals surface area contributed by atoms with Crippen molar-refractivity contribution in [2.45, 2.75) is 13.8 Å². The second kappa shape index (κ2) is 9.94. The summed E-state index contributed by atoms with van der Waals surface area (Å²) in [5.74, 6) is -0.761. The molecule has 0 aliphatic carbocycles. The third-order valence-electron chi connectivity index (χ3n) is 3.56. The molecule has 0 aliphatic rings. The van der Waals surface area contributed by atoms with E-state index in [-0.39, 0.29) is 24.2 Å². The van der Waals surface area contributed by atoms with Crippen molar-refractivity contribution >= 4 is 40.9 Å². The molecule has 0 spiro atoms. The van der Waals surface area contributed by atoms with Crippen molar-refractivity contribution in [3.05, 3.63) is 35.9 Å². The van der Waals surface area contributed by atoms with E-state index >= 15 is 0 Å². The van der Waals surface area contributed by atoms with Crippen molar-refractivity contribution in [1.29, 1.82) is 5.26 Å². The van der Waals surface area contributed by atoms with E-state index in [1.54, 1.807) is 37.6 Å². The second-order valence-electron chi connectivity index (χ2n) is 5.59. The van der Waals surface area contributed by atoms with Crippen LogP contribution in [-0.4, -0.2) is 45.5 Å². The van der Waals surface area contributed by atoms with Gasteiger partial charge in [0.2, 0.25) is 5.91 Å². The van der Waals surface area contributed by atoms with Crippen molar-refractivity contribution in [3.8, 4) is 11.1 Å². The first-order valence-corrected chi connectivity index (χ1v) is 9.41. The van der Waals surface area contributed by atoms with Crippen LogP contribution in [-0.2, 0) is 14.3 Å². The maximum atomic E-state index is 12.9. The molecule has 2 aromatic heterocycles. The Kier molecular flexibility index (Phi) is 7.64. The predicted molar refractivity (Wildman–Crippen MR) is 103 cm³/mol. The molecule has 0 bridgehead atoms. The fourth-order valence-electron chi connectivity index (χ4n) is 2.28. The Labute approximate surface area is 166 Å². The molecule has 0 N–H and O–H groups in total. The van der Waals surface area contributed by atoms with Crippen LogP contribution in [0.1, 0.15) is 13.8 Å². The monoisotopic (exact) mass is 407 g/mol. The van der Waals surface area contributed by atoms with Gasteiger partial charge in [0, 0.05) is 24.8 Å². The van der Waals surface area contributed by atoms with Crippen molar-refractivity contribution in [2.24, 2.45) is 5.92 Å². The van der Waals surface area contributed by atoms with Gasteiger partial charge in [0.05, 0.1) is 24.6 Å². The first-order chi connectivity index (χ1) is 12.9. The molecule has 0 saturated carbocycles. The lowest BCUT2D eigenvalue weighted by atomic mass is 10.2. The van der Waals surface area contributed by atoms with Crippen LogP contribution < -0.4 is 4.90 Å². The standard InChI is InChI=1S/C17H18ClN5O3S/c1-12(10-27-11-19)17(25)22(6-7-26-13(2)24)15-9-23(21-16(15)18)14-4-3-5-20-8-14/h3-5,8-9,12H,6-7,10H2,1-2H3. The number of amides is 1. The van der Waals surface area contributed by atoms with Crippen LogP contribution in [0.5, 0.6) is 0 Å². The molecule has 27 heavy (non-hydrogen) atoms. The number of esters is 1. The predicted octanol–water partition coefficient (Wildman–Crippen LogP) is 2.67. The van der Waals surface area contributed by atoms with E-state index in [1.807, 2.05) is 5.40 Å². The maximum Gasteiger partial charge on any atom is 0.302 e. The first-order valence-electron chi connectivity index (χ1n) is 8.05. The molecule has 0 radical (unpaired) electrons. The number of anilines is 1. The summed E-state index contributed by atoms with van der Waals surface area (Å²) in [5.41, 5.74) is 1.08. The highest BCUT2D eigenvalue weighted by Crippen LogP contribution is 2.27. The van der Waals surface area contributed by atoms with E-state index in [4.69, 9.17) is 21.6 Å². The topological polar surface area (TPSA) is 101 Å². The SMILES string of the molecule is CC(=O)OCCN(C(=O)C(C)CSC#N)c1cn(-c2cccnc2)nc1Cl. The van der Waals surface area contributed by atoms with Gasteiger partial charge < -0.3 is 9.64 Å². The fourth-order valence-corrected chi connectivity index (χ4v) is 2.98. The number of carbonyl (C=O) groups excluding carboxylic acids is 2. The molecule has 0 fully saturated rings. The van der Waals surface area contributed by atoms with Gasteiger partial charge in [-0.05, 0) is 23.9 Å². The third-order valence-corrected chi connectivity index (χ3v) is 4.62. The molecule has 1 amide bonds. The number of thioether (sulfide) groups is 1.